The molecule has 2 atom stereocenters. The molecule has 2 aliphatic heterocycles. The van der Waals surface area contributed by atoms with Gasteiger partial charge in [0.15, 0.2) is 0 Å². The Morgan fingerprint density at radius 1 is 1.41 bits per heavy atom. The van der Waals surface area contributed by atoms with Crippen LogP contribution in [-0.2, 0) is 20.9 Å². The van der Waals surface area contributed by atoms with E-state index in [1.165, 1.54) is 0 Å². The fraction of sp³-hybridized carbons (Fsp3) is 0.526. The quantitative estimate of drug-likeness (QED) is 0.880. The minimum atomic E-state index is -0.333. The van der Waals surface area contributed by atoms with Crippen LogP contribution in [0.4, 0.5) is 0 Å². The lowest BCUT2D eigenvalue weighted by Gasteiger charge is -2.37. The number of hydrogen-bond acceptors (Lipinski definition) is 5. The summed E-state index contributed by atoms with van der Waals surface area (Å²) < 4.78 is 11.0. The molecule has 0 saturated carbocycles. The third-order valence-electron chi connectivity index (χ3n) is 5.42. The Morgan fingerprint density at radius 3 is 2.96 bits per heavy atom. The summed E-state index contributed by atoms with van der Waals surface area (Å²) in [6.07, 6.45) is 1.83. The molecule has 0 aliphatic carbocycles. The number of rotatable bonds is 4. The second-order valence-corrected chi connectivity index (χ2v) is 7.22. The fourth-order valence-corrected chi connectivity index (χ4v) is 4.07. The summed E-state index contributed by atoms with van der Waals surface area (Å²) in [7, 11) is 0. The summed E-state index contributed by atoms with van der Waals surface area (Å²) in [5, 5.41) is 7.24. The predicted octanol–water partition coefficient (Wildman–Crippen LogP) is 1.57. The van der Waals surface area contributed by atoms with Crippen LogP contribution in [0.1, 0.15) is 35.2 Å². The Kier molecular flexibility index (Phi) is 4.73. The van der Waals surface area contributed by atoms with Gasteiger partial charge in [-0.2, -0.15) is 5.10 Å². The van der Waals surface area contributed by atoms with Crippen molar-refractivity contribution in [1.29, 1.82) is 0 Å². The number of hydrogen-bond donors (Lipinski definition) is 1. The Hall–Kier alpha value is -2.61. The summed E-state index contributed by atoms with van der Waals surface area (Å²) in [5.74, 6) is 0.398. The molecule has 0 bridgehead atoms. The van der Waals surface area contributed by atoms with Gasteiger partial charge >= 0.3 is 0 Å². The number of H-pyrrole nitrogens is 1. The van der Waals surface area contributed by atoms with Crippen molar-refractivity contribution in [2.24, 2.45) is 5.92 Å². The molecule has 4 rings (SSSR count). The largest absolute Gasteiger partial charge is 0.467 e. The number of aromatic amines is 1. The molecule has 4 heterocycles. The minimum absolute atomic E-state index is 0.00904. The van der Waals surface area contributed by atoms with E-state index in [1.807, 2.05) is 24.8 Å². The normalized spacial score (nSPS) is 23.3. The molecule has 2 amide bonds. The van der Waals surface area contributed by atoms with Crippen molar-refractivity contribution in [2.45, 2.75) is 32.9 Å². The second-order valence-electron chi connectivity index (χ2n) is 7.22. The first-order valence-electron chi connectivity index (χ1n) is 9.24. The van der Waals surface area contributed by atoms with E-state index in [2.05, 4.69) is 10.2 Å². The highest BCUT2D eigenvalue weighted by atomic mass is 16.5. The van der Waals surface area contributed by atoms with Crippen molar-refractivity contribution in [2.75, 3.05) is 26.3 Å². The highest BCUT2D eigenvalue weighted by Crippen LogP contribution is 2.31. The maximum atomic E-state index is 13.3. The van der Waals surface area contributed by atoms with E-state index in [9.17, 15) is 9.59 Å². The number of carbonyl (C=O) groups is 2. The summed E-state index contributed by atoms with van der Waals surface area (Å²) in [4.78, 5) is 29.2. The highest BCUT2D eigenvalue weighted by Gasteiger charge is 2.40. The first-order valence-corrected chi connectivity index (χ1v) is 9.24. The number of nitrogens with zero attached hydrogens (tertiary/aromatic N) is 3. The van der Waals surface area contributed by atoms with Crippen LogP contribution >= 0.6 is 0 Å². The first-order chi connectivity index (χ1) is 13.0. The molecule has 0 radical (unpaired) electrons. The van der Waals surface area contributed by atoms with Crippen molar-refractivity contribution in [1.82, 2.24) is 20.0 Å². The molecule has 2 saturated heterocycles. The third-order valence-corrected chi connectivity index (χ3v) is 5.42. The minimum Gasteiger partial charge on any atom is -0.467 e. The number of nitrogens with one attached hydrogen (secondary N) is 1. The van der Waals surface area contributed by atoms with Gasteiger partial charge in [0, 0.05) is 30.8 Å². The van der Waals surface area contributed by atoms with Gasteiger partial charge in [-0.25, -0.2) is 0 Å². The Morgan fingerprint density at radius 2 is 2.26 bits per heavy atom. The van der Waals surface area contributed by atoms with Crippen molar-refractivity contribution < 1.29 is 18.7 Å². The van der Waals surface area contributed by atoms with E-state index in [0.29, 0.717) is 32.8 Å². The van der Waals surface area contributed by atoms with Crippen LogP contribution < -0.4 is 0 Å². The summed E-state index contributed by atoms with van der Waals surface area (Å²) in [6.45, 7) is 6.19. The Labute approximate surface area is 157 Å². The van der Waals surface area contributed by atoms with Crippen molar-refractivity contribution >= 4 is 11.8 Å². The van der Waals surface area contributed by atoms with Gasteiger partial charge in [0.25, 0.3) is 0 Å². The number of aromatic nitrogens is 2. The third kappa shape index (κ3) is 3.37. The van der Waals surface area contributed by atoms with Crippen LogP contribution in [0.2, 0.25) is 0 Å². The molecule has 144 valence electrons. The number of furan rings is 1. The molecular formula is C19H24N4O4. The number of morpholine rings is 1. The lowest BCUT2D eigenvalue weighted by molar-refractivity contribution is -0.144. The molecule has 0 aromatic carbocycles. The van der Waals surface area contributed by atoms with Crippen LogP contribution in [0.3, 0.4) is 0 Å². The topological polar surface area (TPSA) is 91.7 Å². The zero-order valence-electron chi connectivity index (χ0n) is 15.6. The first kappa shape index (κ1) is 17.8. The van der Waals surface area contributed by atoms with E-state index in [-0.39, 0.29) is 30.2 Å². The molecule has 0 spiro atoms. The van der Waals surface area contributed by atoms with Crippen LogP contribution in [-0.4, -0.2) is 58.1 Å². The lowest BCUT2D eigenvalue weighted by Crippen LogP contribution is -2.46. The van der Waals surface area contributed by atoms with Gasteiger partial charge in [0.2, 0.25) is 11.8 Å². The smallest absolute Gasteiger partial charge is 0.228 e. The second kappa shape index (κ2) is 7.19. The van der Waals surface area contributed by atoms with Gasteiger partial charge in [-0.15, -0.1) is 0 Å². The van der Waals surface area contributed by atoms with E-state index < -0.39 is 0 Å². The van der Waals surface area contributed by atoms with Gasteiger partial charge in [-0.3, -0.25) is 14.7 Å². The zero-order valence-corrected chi connectivity index (χ0v) is 15.6. The van der Waals surface area contributed by atoms with Crippen LogP contribution in [0.5, 0.6) is 0 Å². The summed E-state index contributed by atoms with van der Waals surface area (Å²) in [6, 6.07) is 3.47. The number of aryl methyl sites for hydroxylation is 2. The van der Waals surface area contributed by atoms with E-state index in [4.69, 9.17) is 9.15 Å². The fourth-order valence-electron chi connectivity index (χ4n) is 4.07. The monoisotopic (exact) mass is 372 g/mol. The molecule has 1 N–H and O–H groups in total. The van der Waals surface area contributed by atoms with Crippen LogP contribution in [0.25, 0.3) is 0 Å². The molecule has 2 unspecified atom stereocenters. The maximum Gasteiger partial charge on any atom is 0.228 e. The van der Waals surface area contributed by atoms with Crippen molar-refractivity contribution in [3.05, 3.63) is 41.1 Å². The van der Waals surface area contributed by atoms with Gasteiger partial charge in [-0.1, -0.05) is 0 Å². The average molecular weight is 372 g/mol. The predicted molar refractivity (Wildman–Crippen MR) is 95.6 cm³/mol. The number of amides is 2. The van der Waals surface area contributed by atoms with Crippen LogP contribution in [0.15, 0.2) is 22.8 Å². The number of likely N-dealkylation sites (tertiary alicyclic amines) is 1. The standard InChI is InChI=1S/C19H24N4O4/c1-12-18(13(2)21-20-12)16-11-26-7-5-23(16)19(25)14-8-17(24)22(9-14)10-15-4-3-6-27-15/h3-4,6,14,16H,5,7-11H2,1-2H3,(H,20,21). The molecule has 8 heteroatoms. The number of ether oxygens (including phenoxy) is 1. The Balaban J connectivity index is 1.50. The average Bonchev–Trinajstić information content (AvgIpc) is 3.37. The van der Waals surface area contributed by atoms with Gasteiger partial charge in [0.1, 0.15) is 5.76 Å². The van der Waals surface area contributed by atoms with E-state index in [0.717, 1.165) is 22.7 Å². The van der Waals surface area contributed by atoms with E-state index >= 15 is 0 Å². The van der Waals surface area contributed by atoms with Gasteiger partial charge in [0.05, 0.1) is 43.7 Å². The molecule has 27 heavy (non-hydrogen) atoms. The molecule has 2 fully saturated rings. The lowest BCUT2D eigenvalue weighted by atomic mass is 9.99. The summed E-state index contributed by atoms with van der Waals surface area (Å²) >= 11 is 0. The molecule has 2 aliphatic rings. The van der Waals surface area contributed by atoms with Gasteiger partial charge < -0.3 is 19.0 Å². The highest BCUT2D eigenvalue weighted by molar-refractivity contribution is 5.89. The van der Waals surface area contributed by atoms with Crippen molar-refractivity contribution in [3.8, 4) is 0 Å². The number of carbonyl (C=O) groups excluding carboxylic acids is 2. The molecule has 2 aromatic heterocycles. The SMILES string of the molecule is Cc1n[nH]c(C)c1C1COCCN1C(=O)C1CC(=O)N(Cc2ccco2)C1. The summed E-state index contributed by atoms with van der Waals surface area (Å²) in [5.41, 5.74) is 2.84. The van der Waals surface area contributed by atoms with E-state index in [1.54, 1.807) is 17.2 Å². The van der Waals surface area contributed by atoms with Crippen LogP contribution in [0, 0.1) is 19.8 Å². The molecular weight excluding hydrogens is 348 g/mol. The molecule has 8 nitrogen and oxygen atoms in total. The van der Waals surface area contributed by atoms with Gasteiger partial charge in [-0.05, 0) is 26.0 Å². The Bertz CT molecular complexity index is 809. The van der Waals surface area contributed by atoms with Crippen molar-refractivity contribution in [3.63, 3.8) is 0 Å². The zero-order chi connectivity index (χ0) is 19.0. The maximum absolute atomic E-state index is 13.3. The molecule has 2 aromatic rings.